The number of aryl methyl sites for hydroxylation is 1. The Bertz CT molecular complexity index is 455. The summed E-state index contributed by atoms with van der Waals surface area (Å²) in [7, 11) is 3.11. The zero-order chi connectivity index (χ0) is 14.4. The monoisotopic (exact) mass is 289 g/mol. The number of aromatic nitrogens is 1. The average Bonchev–Trinajstić information content (AvgIpc) is 2.72. The van der Waals surface area contributed by atoms with Crippen molar-refractivity contribution in [3.8, 4) is 0 Å². The van der Waals surface area contributed by atoms with Gasteiger partial charge in [-0.3, -0.25) is 14.9 Å². The highest BCUT2D eigenvalue weighted by Gasteiger charge is 2.20. The number of alkyl halides is 1. The lowest BCUT2D eigenvalue weighted by atomic mass is 10.2. The fourth-order valence-corrected chi connectivity index (χ4v) is 1.93. The molecule has 1 amide bonds. The summed E-state index contributed by atoms with van der Waals surface area (Å²) in [5.41, 5.74) is 0.107. The molecule has 0 aliphatic heterocycles. The zero-order valence-electron chi connectivity index (χ0n) is 10.8. The second kappa shape index (κ2) is 7.10. The van der Waals surface area contributed by atoms with E-state index in [2.05, 4.69) is 5.32 Å². The SMILES string of the molecule is COCC(CCCl)NC(=O)c1cc([N+](=O)[O-])cn1C. The molecule has 1 rings (SSSR count). The topological polar surface area (TPSA) is 86.4 Å². The first kappa shape index (κ1) is 15.5. The normalized spacial score (nSPS) is 12.2. The van der Waals surface area contributed by atoms with Gasteiger partial charge in [0.2, 0.25) is 0 Å². The number of hydrogen-bond donors (Lipinski definition) is 1. The van der Waals surface area contributed by atoms with Gasteiger partial charge >= 0.3 is 0 Å². The lowest BCUT2D eigenvalue weighted by molar-refractivity contribution is -0.384. The summed E-state index contributed by atoms with van der Waals surface area (Å²) in [6, 6.07) is 1.02. The molecule has 1 heterocycles. The second-order valence-electron chi connectivity index (χ2n) is 4.05. The number of nitrogens with one attached hydrogen (secondary N) is 1. The minimum absolute atomic E-state index is 0.117. The van der Waals surface area contributed by atoms with Crippen LogP contribution in [0.2, 0.25) is 0 Å². The van der Waals surface area contributed by atoms with E-state index in [4.69, 9.17) is 16.3 Å². The Balaban J connectivity index is 2.78. The van der Waals surface area contributed by atoms with E-state index in [0.29, 0.717) is 18.9 Å². The number of rotatable bonds is 7. The summed E-state index contributed by atoms with van der Waals surface area (Å²) in [5, 5.41) is 13.4. The number of ether oxygens (including phenoxy) is 1. The van der Waals surface area contributed by atoms with Crippen LogP contribution in [0.1, 0.15) is 16.9 Å². The van der Waals surface area contributed by atoms with Crippen LogP contribution in [0.3, 0.4) is 0 Å². The summed E-state index contributed by atoms with van der Waals surface area (Å²) in [5.74, 6) is 0.00414. The van der Waals surface area contributed by atoms with Gasteiger partial charge in [-0.25, -0.2) is 0 Å². The van der Waals surface area contributed by atoms with E-state index >= 15 is 0 Å². The molecule has 0 fully saturated rings. The summed E-state index contributed by atoms with van der Waals surface area (Å²) >= 11 is 5.64. The third-order valence-corrected chi connectivity index (χ3v) is 2.81. The van der Waals surface area contributed by atoms with Crippen molar-refractivity contribution in [3.63, 3.8) is 0 Å². The zero-order valence-corrected chi connectivity index (χ0v) is 11.5. The largest absolute Gasteiger partial charge is 0.383 e. The second-order valence-corrected chi connectivity index (χ2v) is 4.43. The van der Waals surface area contributed by atoms with Crippen molar-refractivity contribution in [1.29, 1.82) is 0 Å². The van der Waals surface area contributed by atoms with Gasteiger partial charge in [0.15, 0.2) is 0 Å². The number of carbonyl (C=O) groups excluding carboxylic acids is 1. The van der Waals surface area contributed by atoms with Crippen molar-refractivity contribution in [2.45, 2.75) is 12.5 Å². The average molecular weight is 290 g/mol. The predicted molar refractivity (Wildman–Crippen MR) is 70.5 cm³/mol. The summed E-state index contributed by atoms with van der Waals surface area (Å²) < 4.78 is 6.39. The van der Waals surface area contributed by atoms with Gasteiger partial charge < -0.3 is 14.6 Å². The number of nitro groups is 1. The van der Waals surface area contributed by atoms with Crippen molar-refractivity contribution in [2.24, 2.45) is 7.05 Å². The van der Waals surface area contributed by atoms with Crippen LogP contribution in [0.5, 0.6) is 0 Å². The molecule has 1 aromatic rings. The fourth-order valence-electron chi connectivity index (χ4n) is 1.66. The highest BCUT2D eigenvalue weighted by atomic mass is 35.5. The van der Waals surface area contributed by atoms with Gasteiger partial charge in [0, 0.05) is 26.1 Å². The maximum atomic E-state index is 12.0. The molecule has 0 saturated heterocycles. The smallest absolute Gasteiger partial charge is 0.287 e. The van der Waals surface area contributed by atoms with Crippen molar-refractivity contribution in [1.82, 2.24) is 9.88 Å². The standard InChI is InChI=1S/C11H16ClN3O4/c1-14-6-9(15(17)18)5-10(14)11(16)13-8(3-4-12)7-19-2/h5-6,8H,3-4,7H2,1-2H3,(H,13,16). The molecule has 0 bridgehead atoms. The molecule has 1 aromatic heterocycles. The van der Waals surface area contributed by atoms with Crippen LogP contribution in [0.15, 0.2) is 12.3 Å². The van der Waals surface area contributed by atoms with Crippen LogP contribution in [-0.4, -0.2) is 41.0 Å². The Hall–Kier alpha value is -1.60. The number of carbonyl (C=O) groups is 1. The number of amides is 1. The van der Waals surface area contributed by atoms with Crippen LogP contribution < -0.4 is 5.32 Å². The summed E-state index contributed by atoms with van der Waals surface area (Å²) in [6.45, 7) is 0.338. The number of nitrogens with zero attached hydrogens (tertiary/aromatic N) is 2. The van der Waals surface area contributed by atoms with Crippen LogP contribution >= 0.6 is 11.6 Å². The lowest BCUT2D eigenvalue weighted by Crippen LogP contribution is -2.39. The van der Waals surface area contributed by atoms with Crippen LogP contribution in [0.4, 0.5) is 5.69 Å². The first-order valence-corrected chi connectivity index (χ1v) is 6.19. The van der Waals surface area contributed by atoms with Gasteiger partial charge in [0.05, 0.1) is 23.8 Å². The van der Waals surface area contributed by atoms with Crippen molar-refractivity contribution in [3.05, 3.63) is 28.1 Å². The molecular formula is C11H16ClN3O4. The summed E-state index contributed by atoms with van der Waals surface area (Å²) in [6.07, 6.45) is 1.86. The highest BCUT2D eigenvalue weighted by Crippen LogP contribution is 2.15. The Labute approximate surface area is 115 Å². The van der Waals surface area contributed by atoms with Crippen molar-refractivity contribution < 1.29 is 14.5 Å². The molecule has 0 aliphatic rings. The lowest BCUT2D eigenvalue weighted by Gasteiger charge is -2.16. The Morgan fingerprint density at radius 1 is 1.68 bits per heavy atom. The van der Waals surface area contributed by atoms with E-state index in [1.54, 1.807) is 7.05 Å². The molecule has 0 saturated carbocycles. The maximum absolute atomic E-state index is 12.0. The Kier molecular flexibility index (Phi) is 5.78. The van der Waals surface area contributed by atoms with E-state index in [0.717, 1.165) is 0 Å². The van der Waals surface area contributed by atoms with Crippen molar-refractivity contribution >= 4 is 23.2 Å². The van der Waals surface area contributed by atoms with E-state index < -0.39 is 4.92 Å². The Morgan fingerprint density at radius 2 is 2.37 bits per heavy atom. The molecule has 0 aromatic carbocycles. The molecule has 106 valence electrons. The van der Waals surface area contributed by atoms with Gasteiger partial charge in [0.1, 0.15) is 5.69 Å². The third kappa shape index (κ3) is 4.22. The van der Waals surface area contributed by atoms with E-state index in [1.807, 2.05) is 0 Å². The first-order valence-electron chi connectivity index (χ1n) is 5.66. The van der Waals surface area contributed by atoms with E-state index in [-0.39, 0.29) is 23.3 Å². The van der Waals surface area contributed by atoms with E-state index in [1.165, 1.54) is 23.9 Å². The molecule has 0 aliphatic carbocycles. The maximum Gasteiger partial charge on any atom is 0.287 e. The van der Waals surface area contributed by atoms with Gasteiger partial charge in [-0.2, -0.15) is 0 Å². The molecule has 1 atom stereocenters. The van der Waals surface area contributed by atoms with Crippen LogP contribution in [0.25, 0.3) is 0 Å². The fraction of sp³-hybridized carbons (Fsp3) is 0.545. The van der Waals surface area contributed by atoms with Crippen molar-refractivity contribution in [2.75, 3.05) is 19.6 Å². The van der Waals surface area contributed by atoms with Gasteiger partial charge in [-0.15, -0.1) is 11.6 Å². The summed E-state index contributed by atoms with van der Waals surface area (Å²) in [4.78, 5) is 22.1. The van der Waals surface area contributed by atoms with Gasteiger partial charge in [-0.1, -0.05) is 0 Å². The molecule has 0 radical (unpaired) electrons. The highest BCUT2D eigenvalue weighted by molar-refractivity contribution is 6.17. The predicted octanol–water partition coefficient (Wildman–Crippen LogP) is 1.31. The number of halogens is 1. The first-order chi connectivity index (χ1) is 8.99. The Morgan fingerprint density at radius 3 is 2.84 bits per heavy atom. The van der Waals surface area contributed by atoms with Crippen LogP contribution in [-0.2, 0) is 11.8 Å². The number of hydrogen-bond acceptors (Lipinski definition) is 4. The minimum Gasteiger partial charge on any atom is -0.383 e. The number of methoxy groups -OCH3 is 1. The molecule has 8 heteroatoms. The quantitative estimate of drug-likeness (QED) is 0.466. The van der Waals surface area contributed by atoms with Crippen LogP contribution in [0, 0.1) is 10.1 Å². The van der Waals surface area contributed by atoms with Gasteiger partial charge in [0.25, 0.3) is 11.6 Å². The molecule has 1 N–H and O–H groups in total. The van der Waals surface area contributed by atoms with E-state index in [9.17, 15) is 14.9 Å². The molecule has 7 nitrogen and oxygen atoms in total. The molecule has 19 heavy (non-hydrogen) atoms. The molecule has 0 spiro atoms. The van der Waals surface area contributed by atoms with Gasteiger partial charge in [-0.05, 0) is 6.42 Å². The molecule has 1 unspecified atom stereocenters. The minimum atomic E-state index is -0.540. The third-order valence-electron chi connectivity index (χ3n) is 2.59. The molecular weight excluding hydrogens is 274 g/mol.